The van der Waals surface area contributed by atoms with E-state index in [0.717, 1.165) is 17.7 Å². The number of hydrogen-bond acceptors (Lipinski definition) is 3. The first kappa shape index (κ1) is 13.4. The maximum atomic E-state index is 12.5. The third kappa shape index (κ3) is 2.54. The fraction of sp³-hybridized carbons (Fsp3) is 0.250. The zero-order valence-electron chi connectivity index (χ0n) is 11.8. The number of amides is 1. The average Bonchev–Trinajstić information content (AvgIpc) is 2.46. The molecule has 0 aliphatic carbocycles. The Morgan fingerprint density at radius 3 is 2.86 bits per heavy atom. The quantitative estimate of drug-likeness (QED) is 0.778. The van der Waals surface area contributed by atoms with Crippen LogP contribution in [0.25, 0.3) is 0 Å². The number of aryl methyl sites for hydroxylation is 1. The predicted octanol–water partition coefficient (Wildman–Crippen LogP) is 1.46. The van der Waals surface area contributed by atoms with Gasteiger partial charge in [-0.05, 0) is 36.6 Å². The smallest absolute Gasteiger partial charge is 0.259 e. The fourth-order valence-corrected chi connectivity index (χ4v) is 2.66. The highest BCUT2D eigenvalue weighted by Crippen LogP contribution is 2.22. The Morgan fingerprint density at radius 1 is 1.29 bits per heavy atom. The van der Waals surface area contributed by atoms with Gasteiger partial charge in [0, 0.05) is 36.7 Å². The van der Waals surface area contributed by atoms with Gasteiger partial charge in [0.1, 0.15) is 5.56 Å². The summed E-state index contributed by atoms with van der Waals surface area (Å²) in [5, 5.41) is 0. The van der Waals surface area contributed by atoms with Crippen LogP contribution in [0.15, 0.2) is 35.3 Å². The lowest BCUT2D eigenvalue weighted by Gasteiger charge is -2.29. The molecule has 5 nitrogen and oxygen atoms in total. The molecule has 0 unspecified atom stereocenters. The number of rotatable bonds is 1. The maximum absolute atomic E-state index is 12.5. The molecule has 0 radical (unpaired) electrons. The molecule has 0 fully saturated rings. The molecule has 0 spiro atoms. The van der Waals surface area contributed by atoms with Gasteiger partial charge in [-0.15, -0.1) is 0 Å². The van der Waals surface area contributed by atoms with Crippen LogP contribution in [0.5, 0.6) is 0 Å². The Kier molecular flexibility index (Phi) is 3.25. The molecule has 1 aromatic heterocycles. The van der Waals surface area contributed by atoms with Gasteiger partial charge < -0.3 is 15.6 Å². The van der Waals surface area contributed by atoms with E-state index in [4.69, 9.17) is 5.73 Å². The van der Waals surface area contributed by atoms with Crippen LogP contribution < -0.4 is 11.2 Å². The monoisotopic (exact) mass is 283 g/mol. The second kappa shape index (κ2) is 5.09. The molecular formula is C16H17N3O2. The van der Waals surface area contributed by atoms with Gasteiger partial charge in [0.2, 0.25) is 0 Å². The minimum atomic E-state index is -0.241. The minimum Gasteiger partial charge on any atom is -0.399 e. The molecule has 1 aliphatic heterocycles. The van der Waals surface area contributed by atoms with Crippen molar-refractivity contribution in [3.63, 3.8) is 0 Å². The number of pyridine rings is 1. The molecule has 1 aliphatic rings. The number of nitrogens with two attached hydrogens (primary N) is 1. The van der Waals surface area contributed by atoms with Gasteiger partial charge in [0.15, 0.2) is 5.43 Å². The van der Waals surface area contributed by atoms with Gasteiger partial charge in [-0.2, -0.15) is 0 Å². The lowest BCUT2D eigenvalue weighted by atomic mass is 9.98. The number of fused-ring (bicyclic) bond motifs is 1. The van der Waals surface area contributed by atoms with Crippen molar-refractivity contribution in [2.45, 2.75) is 19.9 Å². The summed E-state index contributed by atoms with van der Waals surface area (Å²) in [6.45, 7) is 2.89. The highest BCUT2D eigenvalue weighted by atomic mass is 16.2. The van der Waals surface area contributed by atoms with Crippen LogP contribution in [0.3, 0.4) is 0 Å². The highest BCUT2D eigenvalue weighted by molar-refractivity contribution is 5.94. The second-order valence-corrected chi connectivity index (χ2v) is 5.40. The van der Waals surface area contributed by atoms with E-state index in [1.807, 2.05) is 18.2 Å². The third-order valence-electron chi connectivity index (χ3n) is 3.82. The molecule has 21 heavy (non-hydrogen) atoms. The largest absolute Gasteiger partial charge is 0.399 e. The molecule has 0 saturated carbocycles. The van der Waals surface area contributed by atoms with Crippen molar-refractivity contribution in [3.05, 3.63) is 63.1 Å². The Hall–Kier alpha value is -2.56. The van der Waals surface area contributed by atoms with Crippen molar-refractivity contribution >= 4 is 11.6 Å². The van der Waals surface area contributed by atoms with E-state index < -0.39 is 0 Å². The van der Waals surface area contributed by atoms with E-state index >= 15 is 0 Å². The van der Waals surface area contributed by atoms with Crippen molar-refractivity contribution in [1.29, 1.82) is 0 Å². The van der Waals surface area contributed by atoms with Crippen molar-refractivity contribution < 1.29 is 4.79 Å². The van der Waals surface area contributed by atoms with Crippen LogP contribution in [0, 0.1) is 6.92 Å². The van der Waals surface area contributed by atoms with Crippen molar-refractivity contribution in [3.8, 4) is 0 Å². The first-order valence-electron chi connectivity index (χ1n) is 6.90. The summed E-state index contributed by atoms with van der Waals surface area (Å²) in [6, 6.07) is 7.23. The number of aromatic amines is 1. The van der Waals surface area contributed by atoms with Gasteiger partial charge in [0.05, 0.1) is 0 Å². The molecule has 108 valence electrons. The lowest BCUT2D eigenvalue weighted by Crippen LogP contribution is -2.38. The molecule has 2 heterocycles. The number of nitrogens with zero attached hydrogens (tertiary/aromatic N) is 1. The van der Waals surface area contributed by atoms with E-state index in [1.54, 1.807) is 11.8 Å². The Balaban J connectivity index is 1.88. The van der Waals surface area contributed by atoms with E-state index in [2.05, 4.69) is 4.98 Å². The summed E-state index contributed by atoms with van der Waals surface area (Å²) in [6.07, 6.45) is 2.28. The minimum absolute atomic E-state index is 0.188. The van der Waals surface area contributed by atoms with Gasteiger partial charge in [-0.25, -0.2) is 0 Å². The molecular weight excluding hydrogens is 266 g/mol. The fourth-order valence-electron chi connectivity index (χ4n) is 2.66. The van der Waals surface area contributed by atoms with Gasteiger partial charge in [-0.1, -0.05) is 6.07 Å². The number of benzene rings is 1. The Bertz CT molecular complexity index is 764. The normalized spacial score (nSPS) is 13.9. The number of carbonyl (C=O) groups excluding carboxylic acids is 1. The average molecular weight is 283 g/mol. The molecule has 1 aromatic carbocycles. The zero-order chi connectivity index (χ0) is 15.0. The van der Waals surface area contributed by atoms with Crippen molar-refractivity contribution in [2.24, 2.45) is 0 Å². The SMILES string of the molecule is Cc1cc(=O)c(C(=O)N2CCc3ccc(N)cc3C2)c[nH]1. The summed E-state index contributed by atoms with van der Waals surface area (Å²) in [5.41, 5.74) is 9.45. The van der Waals surface area contributed by atoms with Crippen LogP contribution in [0.4, 0.5) is 5.69 Å². The van der Waals surface area contributed by atoms with Crippen LogP contribution in [0.1, 0.15) is 27.2 Å². The number of anilines is 1. The summed E-state index contributed by atoms with van der Waals surface area (Å²) in [4.78, 5) is 29.1. The van der Waals surface area contributed by atoms with E-state index in [-0.39, 0.29) is 16.9 Å². The summed E-state index contributed by atoms with van der Waals surface area (Å²) >= 11 is 0. The molecule has 2 aromatic rings. The van der Waals surface area contributed by atoms with Crippen LogP contribution in [-0.4, -0.2) is 22.3 Å². The first-order valence-corrected chi connectivity index (χ1v) is 6.90. The van der Waals surface area contributed by atoms with Crippen molar-refractivity contribution in [1.82, 2.24) is 9.88 Å². The number of hydrogen-bond donors (Lipinski definition) is 2. The highest BCUT2D eigenvalue weighted by Gasteiger charge is 2.23. The summed E-state index contributed by atoms with van der Waals surface area (Å²) in [5.74, 6) is -0.232. The van der Waals surface area contributed by atoms with Gasteiger partial charge in [-0.3, -0.25) is 9.59 Å². The molecule has 3 rings (SSSR count). The molecule has 0 atom stereocenters. The standard InChI is InChI=1S/C16H17N3O2/c1-10-6-15(20)14(8-18-10)16(21)19-5-4-11-2-3-13(17)7-12(11)9-19/h2-3,6-8H,4-5,9,17H2,1H3,(H,18,20). The molecule has 3 N–H and O–H groups in total. The molecule has 0 saturated heterocycles. The van der Waals surface area contributed by atoms with E-state index in [1.165, 1.54) is 17.8 Å². The molecule has 0 bridgehead atoms. The number of aromatic nitrogens is 1. The Morgan fingerprint density at radius 2 is 2.10 bits per heavy atom. The number of nitrogens with one attached hydrogen (secondary N) is 1. The van der Waals surface area contributed by atoms with Crippen LogP contribution >= 0.6 is 0 Å². The topological polar surface area (TPSA) is 79.2 Å². The zero-order valence-corrected chi connectivity index (χ0v) is 11.8. The molecule has 5 heteroatoms. The summed E-state index contributed by atoms with van der Waals surface area (Å²) < 4.78 is 0. The third-order valence-corrected chi connectivity index (χ3v) is 3.82. The number of nitrogen functional groups attached to an aromatic ring is 1. The van der Waals surface area contributed by atoms with E-state index in [0.29, 0.717) is 18.8 Å². The van der Waals surface area contributed by atoms with Gasteiger partial charge >= 0.3 is 0 Å². The second-order valence-electron chi connectivity index (χ2n) is 5.40. The van der Waals surface area contributed by atoms with Crippen LogP contribution in [0.2, 0.25) is 0 Å². The number of H-pyrrole nitrogens is 1. The van der Waals surface area contributed by atoms with Crippen molar-refractivity contribution in [2.75, 3.05) is 12.3 Å². The Labute approximate surface area is 122 Å². The lowest BCUT2D eigenvalue weighted by molar-refractivity contribution is 0.0733. The van der Waals surface area contributed by atoms with E-state index in [9.17, 15) is 9.59 Å². The first-order chi connectivity index (χ1) is 10.0. The van der Waals surface area contributed by atoms with Crippen LogP contribution in [-0.2, 0) is 13.0 Å². The number of carbonyl (C=O) groups is 1. The van der Waals surface area contributed by atoms with Gasteiger partial charge in [0.25, 0.3) is 5.91 Å². The maximum Gasteiger partial charge on any atom is 0.259 e. The molecule has 1 amide bonds. The predicted molar refractivity (Wildman–Crippen MR) is 81.1 cm³/mol. The summed E-state index contributed by atoms with van der Waals surface area (Å²) in [7, 11) is 0.